The molecular weight excluding hydrogens is 751 g/mol. The summed E-state index contributed by atoms with van der Waals surface area (Å²) in [6, 6.07) is 16.6. The van der Waals surface area contributed by atoms with Gasteiger partial charge in [0.2, 0.25) is 5.69 Å². The van der Waals surface area contributed by atoms with Crippen LogP contribution in [0.4, 0.5) is 16.2 Å². The van der Waals surface area contributed by atoms with Gasteiger partial charge in [-0.1, -0.05) is 75.7 Å². The molecule has 2 heterocycles. The van der Waals surface area contributed by atoms with E-state index >= 15 is 0 Å². The van der Waals surface area contributed by atoms with Crippen molar-refractivity contribution in [2.75, 3.05) is 23.7 Å². The number of unbranched alkanes of at least 4 members (excludes halogenated alkanes) is 3. The predicted octanol–water partition coefficient (Wildman–Crippen LogP) is 8.81. The molecule has 56 heavy (non-hydrogen) atoms. The highest BCUT2D eigenvalue weighted by Gasteiger charge is 2.44. The lowest BCUT2D eigenvalue weighted by atomic mass is 9.81. The van der Waals surface area contributed by atoms with E-state index in [1.807, 2.05) is 24.3 Å². The fourth-order valence-electron chi connectivity index (χ4n) is 7.99. The highest BCUT2D eigenvalue weighted by Crippen LogP contribution is 2.48. The Bertz CT molecular complexity index is 2040. The maximum atomic E-state index is 13.9. The first-order chi connectivity index (χ1) is 26.4. The van der Waals surface area contributed by atoms with Gasteiger partial charge in [0.25, 0.3) is 0 Å². The van der Waals surface area contributed by atoms with Crippen LogP contribution in [-0.4, -0.2) is 58.1 Å². The van der Waals surface area contributed by atoms with E-state index in [0.29, 0.717) is 43.7 Å². The molecule has 0 N–H and O–H groups in total. The van der Waals surface area contributed by atoms with Crippen molar-refractivity contribution in [2.24, 2.45) is 0 Å². The topological polar surface area (TPSA) is 135 Å². The number of amides is 1. The zero-order valence-corrected chi connectivity index (χ0v) is 35.6. The van der Waals surface area contributed by atoms with Crippen LogP contribution in [0.5, 0.6) is 0 Å². The maximum absolute atomic E-state index is 13.9. The molecule has 0 saturated carbocycles. The summed E-state index contributed by atoms with van der Waals surface area (Å²) in [6.07, 6.45) is 12.8. The van der Waals surface area contributed by atoms with E-state index < -0.39 is 33.0 Å². The molecular formula is C43H56N3O8S2-. The first-order valence-electron chi connectivity index (χ1n) is 19.4. The van der Waals surface area contributed by atoms with Crippen molar-refractivity contribution in [2.45, 2.75) is 117 Å². The van der Waals surface area contributed by atoms with Crippen LogP contribution in [0.1, 0.15) is 111 Å². The van der Waals surface area contributed by atoms with Gasteiger partial charge in [0.1, 0.15) is 12.1 Å². The standard InChI is InChI=1S/C43H57N3O8S2/c1-9-10-15-28-44-35-20-13-11-18-33(35)42(5,6)37(44)26-24-31-22-23-32(39(31)46(55-54-53-48)40(47)52-41(2,3)4)25-27-38-43(7,8)34-19-12-14-21-36(34)45(38)29-16-17-30-56(49,50)51/h11-14,18-21,24-27H,9-10,15-17,22-23,28-30H2,1-8H3,(H-,48,49,50,51)/p-1. The van der Waals surface area contributed by atoms with E-state index in [1.165, 1.54) is 15.6 Å². The minimum absolute atomic E-state index is 0.253. The van der Waals surface area contributed by atoms with Crippen molar-refractivity contribution in [1.29, 1.82) is 0 Å². The van der Waals surface area contributed by atoms with E-state index in [-0.39, 0.29) is 11.8 Å². The summed E-state index contributed by atoms with van der Waals surface area (Å²) in [5.41, 5.74) is 7.45. The lowest BCUT2D eigenvalue weighted by molar-refractivity contribution is -0.777. The van der Waals surface area contributed by atoms with Crippen LogP contribution in [0.15, 0.2) is 95.4 Å². The summed E-state index contributed by atoms with van der Waals surface area (Å²) in [5.74, 6) is -0.411. The number of para-hydroxylation sites is 2. The molecule has 0 saturated heterocycles. The number of nitrogens with zero attached hydrogens (tertiary/aromatic N) is 3. The number of ether oxygens (including phenoxy) is 1. The van der Waals surface area contributed by atoms with E-state index in [0.717, 1.165) is 59.6 Å². The Balaban J connectivity index is 1.62. The van der Waals surface area contributed by atoms with Gasteiger partial charge in [-0.05, 0) is 95.6 Å². The Morgan fingerprint density at radius 1 is 0.946 bits per heavy atom. The SMILES string of the molecule is CCCCC[N+]1=C(/C=C/C2=C(N(SOO[O-])C(=O)OC(C)(C)C)C(=C/C=C3/N(CCCCS(=O)(=O)[O-])c4ccccc4C3(C)C)/CC2)C(C)(C)c2ccccc21. The molecule has 2 aliphatic heterocycles. The van der Waals surface area contributed by atoms with Gasteiger partial charge in [0.05, 0.1) is 21.2 Å². The maximum Gasteiger partial charge on any atom is 0.427 e. The van der Waals surface area contributed by atoms with Crippen molar-refractivity contribution in [3.8, 4) is 0 Å². The molecule has 13 heteroatoms. The molecule has 5 rings (SSSR count). The van der Waals surface area contributed by atoms with Crippen LogP contribution in [0.3, 0.4) is 0 Å². The number of hydrogen-bond donors (Lipinski definition) is 0. The Morgan fingerprint density at radius 3 is 2.32 bits per heavy atom. The molecule has 0 radical (unpaired) electrons. The molecule has 2 aromatic rings. The second-order valence-electron chi connectivity index (χ2n) is 16.6. The van der Waals surface area contributed by atoms with Crippen LogP contribution in [0.2, 0.25) is 0 Å². The van der Waals surface area contributed by atoms with Crippen molar-refractivity contribution in [1.82, 2.24) is 4.31 Å². The molecule has 0 bridgehead atoms. The molecule has 0 aromatic heterocycles. The zero-order valence-electron chi connectivity index (χ0n) is 33.9. The third-order valence-electron chi connectivity index (χ3n) is 10.7. The Labute approximate surface area is 337 Å². The molecule has 11 nitrogen and oxygen atoms in total. The summed E-state index contributed by atoms with van der Waals surface area (Å²) in [5, 5.41) is 14.9. The van der Waals surface area contributed by atoms with E-state index in [2.05, 4.69) is 97.7 Å². The predicted molar refractivity (Wildman–Crippen MR) is 219 cm³/mol. The summed E-state index contributed by atoms with van der Waals surface area (Å²) < 4.78 is 48.3. The summed E-state index contributed by atoms with van der Waals surface area (Å²) >= 11 is 0.469. The number of allylic oxidation sites excluding steroid dienone is 7. The molecule has 3 aliphatic rings. The number of carbonyl (C=O) groups is 1. The monoisotopic (exact) mass is 806 g/mol. The molecule has 1 amide bonds. The fourth-order valence-corrected chi connectivity index (χ4v) is 9.05. The second kappa shape index (κ2) is 17.8. The van der Waals surface area contributed by atoms with Crippen molar-refractivity contribution in [3.63, 3.8) is 0 Å². The summed E-state index contributed by atoms with van der Waals surface area (Å²) in [4.78, 5) is 16.1. The molecule has 304 valence electrons. The van der Waals surface area contributed by atoms with Crippen molar-refractivity contribution < 1.29 is 41.7 Å². The smallest absolute Gasteiger partial charge is 0.427 e. The minimum Gasteiger partial charge on any atom is -0.748 e. The second-order valence-corrected chi connectivity index (χ2v) is 18.8. The minimum atomic E-state index is -4.31. The fraction of sp³-hybridized carbons (Fsp3) is 0.488. The molecule has 2 aromatic carbocycles. The molecule has 0 unspecified atom stereocenters. The highest BCUT2D eigenvalue weighted by atomic mass is 32.2. The third kappa shape index (κ3) is 9.86. The van der Waals surface area contributed by atoms with Gasteiger partial charge in [-0.25, -0.2) is 13.2 Å². The average molecular weight is 807 g/mol. The van der Waals surface area contributed by atoms with Crippen molar-refractivity contribution >= 4 is 45.5 Å². The normalized spacial score (nSPS) is 19.1. The van der Waals surface area contributed by atoms with Gasteiger partial charge < -0.3 is 19.4 Å². The number of carbonyl (C=O) groups excluding carboxylic acids is 1. The van der Waals surface area contributed by atoms with E-state index in [9.17, 15) is 23.0 Å². The number of anilines is 1. The number of benzene rings is 2. The Kier molecular flexibility index (Phi) is 13.8. The van der Waals surface area contributed by atoms with Crippen LogP contribution < -0.4 is 10.2 Å². The number of rotatable bonds is 16. The third-order valence-corrected chi connectivity index (χ3v) is 12.0. The van der Waals surface area contributed by atoms with Gasteiger partial charge in [0.15, 0.2) is 17.9 Å². The highest BCUT2D eigenvalue weighted by molar-refractivity contribution is 7.92. The Morgan fingerprint density at radius 2 is 1.64 bits per heavy atom. The number of hydrogen-bond acceptors (Lipinski definition) is 10. The largest absolute Gasteiger partial charge is 0.748 e. The van der Waals surface area contributed by atoms with E-state index in [4.69, 9.17) is 9.07 Å². The molecule has 0 spiro atoms. The van der Waals surface area contributed by atoms with Gasteiger partial charge in [-0.15, -0.1) is 4.33 Å². The molecule has 0 fully saturated rings. The van der Waals surface area contributed by atoms with Gasteiger partial charge in [-0.3, -0.25) is 5.04 Å². The van der Waals surface area contributed by atoms with Crippen molar-refractivity contribution in [3.05, 3.63) is 107 Å². The quantitative estimate of drug-likeness (QED) is 0.0308. The van der Waals surface area contributed by atoms with Crippen LogP contribution >= 0.6 is 12.2 Å². The van der Waals surface area contributed by atoms with Crippen LogP contribution in [0.25, 0.3) is 0 Å². The molecule has 0 atom stereocenters. The zero-order chi connectivity index (χ0) is 40.9. The lowest BCUT2D eigenvalue weighted by Gasteiger charge is -2.28. The van der Waals surface area contributed by atoms with Gasteiger partial charge in [0, 0.05) is 53.2 Å². The molecule has 1 aliphatic carbocycles. The van der Waals surface area contributed by atoms with Crippen LogP contribution in [0, 0.1) is 0 Å². The summed E-state index contributed by atoms with van der Waals surface area (Å²) in [7, 11) is -4.31. The van der Waals surface area contributed by atoms with Crippen LogP contribution in [-0.2, 0) is 35.1 Å². The summed E-state index contributed by atoms with van der Waals surface area (Å²) in [6.45, 7) is 17.7. The average Bonchev–Trinajstić information content (AvgIpc) is 3.69. The first-order valence-corrected chi connectivity index (χ1v) is 21.7. The number of fused-ring (bicyclic) bond motifs is 2. The van der Waals surface area contributed by atoms with E-state index in [1.54, 1.807) is 20.8 Å². The Hall–Kier alpha value is -3.72. The van der Waals surface area contributed by atoms with Gasteiger partial charge >= 0.3 is 6.09 Å². The lowest BCUT2D eigenvalue weighted by Crippen LogP contribution is -2.33. The van der Waals surface area contributed by atoms with Gasteiger partial charge in [-0.2, -0.15) is 8.88 Å². The first kappa shape index (κ1) is 43.4.